The van der Waals surface area contributed by atoms with Crippen LogP contribution in [-0.4, -0.2) is 54.0 Å². The molecule has 1 atom stereocenters. The molecule has 7 heteroatoms. The molecule has 1 N–H and O–H groups in total. The van der Waals surface area contributed by atoms with Crippen LogP contribution in [0, 0.1) is 26.6 Å². The van der Waals surface area contributed by atoms with Gasteiger partial charge in [-0.15, -0.1) is 0 Å². The first-order valence-electron chi connectivity index (χ1n) is 9.56. The molecule has 0 spiro atoms. The number of nitrogens with zero attached hydrogens (tertiary/aromatic N) is 4. The fourth-order valence-corrected chi connectivity index (χ4v) is 3.51. The molecule has 2 aromatic rings. The fraction of sp³-hybridized carbons (Fsp3) is 0.476. The number of benzene rings is 1. The van der Waals surface area contributed by atoms with Crippen molar-refractivity contribution in [1.82, 2.24) is 20.2 Å². The third kappa shape index (κ3) is 4.47. The van der Waals surface area contributed by atoms with Gasteiger partial charge in [-0.3, -0.25) is 4.79 Å². The average Bonchev–Trinajstić information content (AvgIpc) is 3.09. The number of aryl methyl sites for hydroxylation is 2. The van der Waals surface area contributed by atoms with Gasteiger partial charge >= 0.3 is 0 Å². The Morgan fingerprint density at radius 3 is 2.68 bits per heavy atom. The Labute approximate surface area is 165 Å². The summed E-state index contributed by atoms with van der Waals surface area (Å²) >= 11 is 0. The van der Waals surface area contributed by atoms with Crippen molar-refractivity contribution < 1.29 is 9.18 Å². The Hall–Kier alpha value is -2.54. The van der Waals surface area contributed by atoms with Crippen LogP contribution in [0.15, 0.2) is 18.2 Å². The number of amides is 1. The maximum atomic E-state index is 13.6. The quantitative estimate of drug-likeness (QED) is 0.857. The monoisotopic (exact) mass is 385 g/mol. The highest BCUT2D eigenvalue weighted by atomic mass is 19.1. The zero-order chi connectivity index (χ0) is 20.4. The predicted octanol–water partition coefficient (Wildman–Crippen LogP) is 2.61. The van der Waals surface area contributed by atoms with E-state index < -0.39 is 0 Å². The molecule has 1 aliphatic rings. The number of hydrogen-bond acceptors (Lipinski definition) is 5. The Bertz CT molecular complexity index is 863. The Balaban J connectivity index is 1.70. The second-order valence-electron chi connectivity index (χ2n) is 7.73. The summed E-state index contributed by atoms with van der Waals surface area (Å²) in [6, 6.07) is 5.39. The molecule has 1 amide bonds. The standard InChI is InChI=1S/C21H28FN5O/c1-13-8-16(10-17(22)9-13)11-23-18-6-7-27(12-18)20-14(2)15(3)24-19(25-20)21(28)26(4)5/h8-10,18,23H,6-7,11-12H2,1-5H3/t18-/m1/s1. The molecule has 1 saturated heterocycles. The first-order chi connectivity index (χ1) is 13.2. The van der Waals surface area contributed by atoms with Gasteiger partial charge in [-0.25, -0.2) is 14.4 Å². The minimum Gasteiger partial charge on any atom is -0.355 e. The highest BCUT2D eigenvalue weighted by Crippen LogP contribution is 2.24. The molecule has 0 aliphatic carbocycles. The molecule has 2 heterocycles. The molecule has 1 aromatic carbocycles. The number of hydrogen-bond donors (Lipinski definition) is 1. The third-order valence-corrected chi connectivity index (χ3v) is 5.15. The second kappa shape index (κ2) is 8.22. The van der Waals surface area contributed by atoms with Gasteiger partial charge in [0.15, 0.2) is 0 Å². The van der Waals surface area contributed by atoms with E-state index in [0.717, 1.165) is 47.7 Å². The first-order valence-corrected chi connectivity index (χ1v) is 9.56. The Morgan fingerprint density at radius 2 is 2.00 bits per heavy atom. The lowest BCUT2D eigenvalue weighted by molar-refractivity contribution is 0.0815. The van der Waals surface area contributed by atoms with E-state index in [1.165, 1.54) is 11.0 Å². The second-order valence-corrected chi connectivity index (χ2v) is 7.73. The molecule has 3 rings (SSSR count). The van der Waals surface area contributed by atoms with Gasteiger partial charge in [-0.05, 0) is 50.5 Å². The third-order valence-electron chi connectivity index (χ3n) is 5.15. The van der Waals surface area contributed by atoms with Crippen molar-refractivity contribution >= 4 is 11.7 Å². The molecule has 150 valence electrons. The van der Waals surface area contributed by atoms with Crippen molar-refractivity contribution in [2.45, 2.75) is 39.8 Å². The van der Waals surface area contributed by atoms with Crippen LogP contribution >= 0.6 is 0 Å². The molecule has 0 bridgehead atoms. The van der Waals surface area contributed by atoms with Crippen molar-refractivity contribution in [1.29, 1.82) is 0 Å². The number of carbonyl (C=O) groups excluding carboxylic acids is 1. The van der Waals surface area contributed by atoms with Crippen LogP contribution in [0.1, 0.15) is 39.4 Å². The zero-order valence-corrected chi connectivity index (χ0v) is 17.2. The molecule has 0 unspecified atom stereocenters. The molecule has 28 heavy (non-hydrogen) atoms. The Kier molecular flexibility index (Phi) is 5.93. The van der Waals surface area contributed by atoms with Gasteiger partial charge in [0.25, 0.3) is 5.91 Å². The van der Waals surface area contributed by atoms with Crippen molar-refractivity contribution in [2.24, 2.45) is 0 Å². The van der Waals surface area contributed by atoms with Crippen LogP contribution in [0.4, 0.5) is 10.2 Å². The highest BCUT2D eigenvalue weighted by molar-refractivity contribution is 5.90. The van der Waals surface area contributed by atoms with Gasteiger partial charge in [-0.1, -0.05) is 6.07 Å². The summed E-state index contributed by atoms with van der Waals surface area (Å²) in [5.74, 6) is 0.660. The molecular formula is C21H28FN5O. The SMILES string of the molecule is Cc1cc(F)cc(CN[C@@H]2CCN(c3nc(C(=O)N(C)C)nc(C)c3C)C2)c1. The van der Waals surface area contributed by atoms with Crippen LogP contribution < -0.4 is 10.2 Å². The summed E-state index contributed by atoms with van der Waals surface area (Å²) in [7, 11) is 3.40. The van der Waals surface area contributed by atoms with Crippen molar-refractivity contribution in [2.75, 3.05) is 32.1 Å². The van der Waals surface area contributed by atoms with E-state index in [1.807, 2.05) is 26.8 Å². The Morgan fingerprint density at radius 1 is 1.25 bits per heavy atom. The lowest BCUT2D eigenvalue weighted by atomic mass is 10.1. The maximum Gasteiger partial charge on any atom is 0.291 e. The summed E-state index contributed by atoms with van der Waals surface area (Å²) in [6.07, 6.45) is 0.966. The van der Waals surface area contributed by atoms with E-state index in [9.17, 15) is 9.18 Å². The van der Waals surface area contributed by atoms with Gasteiger partial charge in [0.1, 0.15) is 11.6 Å². The molecule has 1 aromatic heterocycles. The van der Waals surface area contributed by atoms with E-state index in [2.05, 4.69) is 20.2 Å². The van der Waals surface area contributed by atoms with E-state index in [4.69, 9.17) is 0 Å². The number of rotatable bonds is 5. The minimum absolute atomic E-state index is 0.195. The number of carbonyl (C=O) groups is 1. The largest absolute Gasteiger partial charge is 0.355 e. The molecule has 1 fully saturated rings. The molecule has 6 nitrogen and oxygen atoms in total. The lowest BCUT2D eigenvalue weighted by Gasteiger charge is -2.22. The van der Waals surface area contributed by atoms with E-state index >= 15 is 0 Å². The number of halogens is 1. The van der Waals surface area contributed by atoms with Gasteiger partial charge in [0.05, 0.1) is 0 Å². The fourth-order valence-electron chi connectivity index (χ4n) is 3.51. The van der Waals surface area contributed by atoms with Crippen molar-refractivity contribution in [3.05, 3.63) is 52.2 Å². The van der Waals surface area contributed by atoms with Gasteiger partial charge < -0.3 is 15.1 Å². The molecule has 0 radical (unpaired) electrons. The first kappa shape index (κ1) is 20.2. The zero-order valence-electron chi connectivity index (χ0n) is 17.2. The molecule has 0 saturated carbocycles. The van der Waals surface area contributed by atoms with E-state index in [0.29, 0.717) is 6.54 Å². The maximum absolute atomic E-state index is 13.6. The lowest BCUT2D eigenvalue weighted by Crippen LogP contribution is -2.33. The predicted molar refractivity (Wildman–Crippen MR) is 108 cm³/mol. The molecular weight excluding hydrogens is 357 g/mol. The number of nitrogens with one attached hydrogen (secondary N) is 1. The normalized spacial score (nSPS) is 16.5. The van der Waals surface area contributed by atoms with E-state index in [1.54, 1.807) is 20.2 Å². The van der Waals surface area contributed by atoms with Crippen molar-refractivity contribution in [3.8, 4) is 0 Å². The van der Waals surface area contributed by atoms with Gasteiger partial charge in [0, 0.05) is 51.0 Å². The molecule has 1 aliphatic heterocycles. The van der Waals surface area contributed by atoms with Gasteiger partial charge in [0.2, 0.25) is 5.82 Å². The van der Waals surface area contributed by atoms with Crippen LogP contribution in [0.25, 0.3) is 0 Å². The smallest absolute Gasteiger partial charge is 0.291 e. The topological polar surface area (TPSA) is 61.4 Å². The van der Waals surface area contributed by atoms with Crippen LogP contribution in [0.5, 0.6) is 0 Å². The van der Waals surface area contributed by atoms with Crippen LogP contribution in [0.3, 0.4) is 0 Å². The van der Waals surface area contributed by atoms with Crippen molar-refractivity contribution in [3.63, 3.8) is 0 Å². The number of aromatic nitrogens is 2. The van der Waals surface area contributed by atoms with Crippen LogP contribution in [0.2, 0.25) is 0 Å². The van der Waals surface area contributed by atoms with E-state index in [-0.39, 0.29) is 23.6 Å². The van der Waals surface area contributed by atoms with Gasteiger partial charge in [-0.2, -0.15) is 0 Å². The minimum atomic E-state index is -0.199. The summed E-state index contributed by atoms with van der Waals surface area (Å²) in [6.45, 7) is 8.07. The van der Waals surface area contributed by atoms with Crippen LogP contribution in [-0.2, 0) is 6.54 Å². The summed E-state index contributed by atoms with van der Waals surface area (Å²) in [4.78, 5) is 24.9. The summed E-state index contributed by atoms with van der Waals surface area (Å²) in [5, 5.41) is 3.51. The summed E-state index contributed by atoms with van der Waals surface area (Å²) < 4.78 is 13.6. The highest BCUT2D eigenvalue weighted by Gasteiger charge is 2.26. The average molecular weight is 385 g/mol. The summed E-state index contributed by atoms with van der Waals surface area (Å²) in [5.41, 5.74) is 3.69. The number of anilines is 1.